The SMILES string of the molecule is CCNC(=NCc1csc(CCc2ccccc2)n1)NCC1(CCOC)CCC1.I. The predicted molar refractivity (Wildman–Crippen MR) is 137 cm³/mol. The van der Waals surface area contributed by atoms with Crippen molar-refractivity contribution in [3.05, 3.63) is 52.0 Å². The summed E-state index contributed by atoms with van der Waals surface area (Å²) in [4.78, 5) is 9.54. The molecule has 5 nitrogen and oxygen atoms in total. The van der Waals surface area contributed by atoms with Gasteiger partial charge in [-0.15, -0.1) is 35.3 Å². The summed E-state index contributed by atoms with van der Waals surface area (Å²) in [5, 5.41) is 10.2. The first-order chi connectivity index (χ1) is 14.2. The normalized spacial score (nSPS) is 15.2. The number of nitrogens with one attached hydrogen (secondary N) is 2. The molecule has 0 aliphatic heterocycles. The third kappa shape index (κ3) is 7.81. The van der Waals surface area contributed by atoms with Crippen LogP contribution in [0.25, 0.3) is 0 Å². The van der Waals surface area contributed by atoms with Crippen molar-refractivity contribution in [3.63, 3.8) is 0 Å². The van der Waals surface area contributed by atoms with Crippen molar-refractivity contribution in [3.8, 4) is 0 Å². The van der Waals surface area contributed by atoms with Gasteiger partial charge in [-0.2, -0.15) is 0 Å². The van der Waals surface area contributed by atoms with E-state index in [1.807, 2.05) is 0 Å². The highest BCUT2D eigenvalue weighted by molar-refractivity contribution is 14.0. The second-order valence-corrected chi connectivity index (χ2v) is 8.81. The molecule has 0 radical (unpaired) electrons. The fourth-order valence-corrected chi connectivity index (χ4v) is 4.51. The molecule has 1 heterocycles. The van der Waals surface area contributed by atoms with Crippen molar-refractivity contribution in [1.29, 1.82) is 0 Å². The smallest absolute Gasteiger partial charge is 0.191 e. The Morgan fingerprint density at radius 2 is 2.00 bits per heavy atom. The Bertz CT molecular complexity index is 762. The summed E-state index contributed by atoms with van der Waals surface area (Å²) >= 11 is 1.74. The van der Waals surface area contributed by atoms with Gasteiger partial charge in [0.15, 0.2) is 5.96 Å². The fourth-order valence-electron chi connectivity index (χ4n) is 3.72. The molecule has 1 aromatic heterocycles. The monoisotopic (exact) mass is 542 g/mol. The van der Waals surface area contributed by atoms with Gasteiger partial charge < -0.3 is 15.4 Å². The minimum absolute atomic E-state index is 0. The van der Waals surface area contributed by atoms with E-state index in [4.69, 9.17) is 14.7 Å². The van der Waals surface area contributed by atoms with Gasteiger partial charge in [-0.05, 0) is 43.6 Å². The van der Waals surface area contributed by atoms with Crippen LogP contribution in [0.2, 0.25) is 0 Å². The van der Waals surface area contributed by atoms with E-state index in [-0.39, 0.29) is 24.0 Å². The molecule has 1 aromatic carbocycles. The Kier molecular flexibility index (Phi) is 11.1. The Balaban J connectivity index is 0.00000320. The molecule has 166 valence electrons. The molecule has 30 heavy (non-hydrogen) atoms. The van der Waals surface area contributed by atoms with E-state index in [0.29, 0.717) is 12.0 Å². The standard InChI is InChI=1S/C23H34N4OS.HI/c1-3-24-22(26-18-23(12-7-13-23)14-15-28-2)25-16-20-17-29-21(27-20)11-10-19-8-5-4-6-9-19;/h4-6,8-9,17H,3,7,10-16,18H2,1-2H3,(H2,24,25,26);1H. The van der Waals surface area contributed by atoms with Gasteiger partial charge in [0.2, 0.25) is 0 Å². The molecule has 2 N–H and O–H groups in total. The molecule has 0 saturated heterocycles. The number of halogens is 1. The van der Waals surface area contributed by atoms with Crippen LogP contribution in [0.4, 0.5) is 0 Å². The van der Waals surface area contributed by atoms with E-state index in [1.165, 1.54) is 29.8 Å². The van der Waals surface area contributed by atoms with Gasteiger partial charge in [-0.3, -0.25) is 0 Å². The summed E-state index contributed by atoms with van der Waals surface area (Å²) < 4.78 is 5.30. The number of aromatic nitrogens is 1. The number of aryl methyl sites for hydroxylation is 2. The van der Waals surface area contributed by atoms with Crippen molar-refractivity contribution in [2.24, 2.45) is 10.4 Å². The van der Waals surface area contributed by atoms with Gasteiger partial charge in [0.05, 0.1) is 17.2 Å². The number of nitrogens with zero attached hydrogens (tertiary/aromatic N) is 2. The van der Waals surface area contributed by atoms with E-state index in [9.17, 15) is 0 Å². The minimum atomic E-state index is 0. The molecule has 0 amide bonds. The highest BCUT2D eigenvalue weighted by atomic mass is 127. The third-order valence-corrected chi connectivity index (χ3v) is 6.65. The molecule has 0 unspecified atom stereocenters. The third-order valence-electron chi connectivity index (χ3n) is 5.69. The zero-order valence-electron chi connectivity index (χ0n) is 18.2. The quantitative estimate of drug-likeness (QED) is 0.243. The van der Waals surface area contributed by atoms with Crippen LogP contribution in [0.5, 0.6) is 0 Å². The van der Waals surface area contributed by atoms with Gasteiger partial charge in [-0.25, -0.2) is 9.98 Å². The van der Waals surface area contributed by atoms with Crippen molar-refractivity contribution < 1.29 is 4.74 Å². The minimum Gasteiger partial charge on any atom is -0.385 e. The average molecular weight is 543 g/mol. The molecule has 7 heteroatoms. The number of hydrogen-bond acceptors (Lipinski definition) is 4. The zero-order valence-corrected chi connectivity index (χ0v) is 21.3. The number of rotatable bonds is 11. The molecule has 1 aliphatic carbocycles. The van der Waals surface area contributed by atoms with Gasteiger partial charge in [0, 0.05) is 38.6 Å². The highest BCUT2D eigenvalue weighted by Gasteiger charge is 2.36. The molecule has 0 spiro atoms. The molecule has 1 fully saturated rings. The van der Waals surface area contributed by atoms with Gasteiger partial charge >= 0.3 is 0 Å². The summed E-state index contributed by atoms with van der Waals surface area (Å²) in [6, 6.07) is 10.6. The molecule has 1 aliphatic rings. The average Bonchev–Trinajstić information content (AvgIpc) is 3.18. The molecular weight excluding hydrogens is 507 g/mol. The molecule has 0 atom stereocenters. The predicted octanol–water partition coefficient (Wildman–Crippen LogP) is 4.81. The topological polar surface area (TPSA) is 58.5 Å². The first-order valence-corrected chi connectivity index (χ1v) is 11.6. The summed E-state index contributed by atoms with van der Waals surface area (Å²) in [5.74, 6) is 0.884. The maximum absolute atomic E-state index is 5.30. The van der Waals surface area contributed by atoms with Crippen LogP contribution in [0.15, 0.2) is 40.7 Å². The lowest BCUT2D eigenvalue weighted by atomic mass is 9.67. The lowest BCUT2D eigenvalue weighted by Crippen LogP contribution is -2.46. The van der Waals surface area contributed by atoms with Crippen LogP contribution in [-0.2, 0) is 24.1 Å². The van der Waals surface area contributed by atoms with Gasteiger partial charge in [-0.1, -0.05) is 36.8 Å². The Hall–Kier alpha value is -1.19. The van der Waals surface area contributed by atoms with Crippen molar-refractivity contribution >= 4 is 41.3 Å². The maximum atomic E-state index is 5.30. The van der Waals surface area contributed by atoms with Crippen LogP contribution >= 0.6 is 35.3 Å². The van der Waals surface area contributed by atoms with E-state index < -0.39 is 0 Å². The van der Waals surface area contributed by atoms with Crippen LogP contribution in [0, 0.1) is 5.41 Å². The van der Waals surface area contributed by atoms with E-state index in [0.717, 1.165) is 50.6 Å². The second-order valence-electron chi connectivity index (χ2n) is 7.86. The van der Waals surface area contributed by atoms with Gasteiger partial charge in [0.25, 0.3) is 0 Å². The Labute approximate surface area is 202 Å². The van der Waals surface area contributed by atoms with E-state index in [1.54, 1.807) is 18.4 Å². The van der Waals surface area contributed by atoms with Crippen molar-refractivity contribution in [2.75, 3.05) is 26.8 Å². The molecular formula is C23H35IN4OS. The Morgan fingerprint density at radius 1 is 1.20 bits per heavy atom. The lowest BCUT2D eigenvalue weighted by molar-refractivity contribution is 0.0732. The van der Waals surface area contributed by atoms with Crippen molar-refractivity contribution in [1.82, 2.24) is 15.6 Å². The maximum Gasteiger partial charge on any atom is 0.191 e. The molecule has 1 saturated carbocycles. The molecule has 2 aromatic rings. The van der Waals surface area contributed by atoms with Crippen LogP contribution < -0.4 is 10.6 Å². The zero-order chi connectivity index (χ0) is 20.4. The number of benzene rings is 1. The van der Waals surface area contributed by atoms with Crippen LogP contribution in [0.1, 0.15) is 48.9 Å². The number of aliphatic imine (C=N–C) groups is 1. The fraction of sp³-hybridized carbons (Fsp3) is 0.565. The van der Waals surface area contributed by atoms with Crippen molar-refractivity contribution in [2.45, 2.75) is 52.0 Å². The summed E-state index contributed by atoms with van der Waals surface area (Å²) in [6.07, 6.45) is 7.01. The first-order valence-electron chi connectivity index (χ1n) is 10.7. The number of hydrogen-bond donors (Lipinski definition) is 2. The molecule has 3 rings (SSSR count). The number of methoxy groups -OCH3 is 1. The van der Waals surface area contributed by atoms with E-state index in [2.05, 4.69) is 53.3 Å². The lowest BCUT2D eigenvalue weighted by Gasteiger charge is -2.42. The van der Waals surface area contributed by atoms with Crippen LogP contribution in [-0.4, -0.2) is 37.7 Å². The van der Waals surface area contributed by atoms with Gasteiger partial charge in [0.1, 0.15) is 0 Å². The number of guanidine groups is 1. The Morgan fingerprint density at radius 3 is 2.67 bits per heavy atom. The van der Waals surface area contributed by atoms with E-state index >= 15 is 0 Å². The summed E-state index contributed by atoms with van der Waals surface area (Å²) in [7, 11) is 1.79. The van der Waals surface area contributed by atoms with Crippen LogP contribution in [0.3, 0.4) is 0 Å². The largest absolute Gasteiger partial charge is 0.385 e. The first kappa shape index (κ1) is 25.1. The summed E-state index contributed by atoms with van der Waals surface area (Å²) in [5.41, 5.74) is 2.78. The summed E-state index contributed by atoms with van der Waals surface area (Å²) in [6.45, 7) is 5.37. The highest BCUT2D eigenvalue weighted by Crippen LogP contribution is 2.43. The number of thiazole rings is 1. The number of ether oxygens (including phenoxy) is 1. The second kappa shape index (κ2) is 13.3. The molecule has 0 bridgehead atoms.